The Morgan fingerprint density at radius 3 is 2.54 bits per heavy atom. The second-order valence-electron chi connectivity index (χ2n) is 6.51. The maximum atomic E-state index is 12.4. The minimum atomic E-state index is -3.39. The van der Waals surface area contributed by atoms with E-state index in [0.717, 1.165) is 5.75 Å². The van der Waals surface area contributed by atoms with Crippen molar-refractivity contribution in [3.63, 3.8) is 0 Å². The maximum Gasteiger partial charge on any atom is 0.220 e. The third kappa shape index (κ3) is 6.93. The van der Waals surface area contributed by atoms with Crippen LogP contribution in [0.4, 0.5) is 0 Å². The van der Waals surface area contributed by atoms with Gasteiger partial charge in [-0.2, -0.15) is 4.31 Å². The van der Waals surface area contributed by atoms with Crippen molar-refractivity contribution in [3.8, 4) is 5.75 Å². The lowest BCUT2D eigenvalue weighted by Crippen LogP contribution is -2.49. The number of nitrogens with zero attached hydrogens (tertiary/aromatic N) is 1. The van der Waals surface area contributed by atoms with E-state index < -0.39 is 10.0 Å². The molecule has 0 saturated carbocycles. The van der Waals surface area contributed by atoms with E-state index in [-0.39, 0.29) is 30.4 Å². The number of rotatable bonds is 9. The summed E-state index contributed by atoms with van der Waals surface area (Å²) in [6, 6.07) is 9.40. The van der Waals surface area contributed by atoms with Gasteiger partial charge in [-0.15, -0.1) is 0 Å². The number of morpholine rings is 1. The Hall–Kier alpha value is -1.64. The van der Waals surface area contributed by atoms with Crippen LogP contribution in [0.25, 0.3) is 0 Å². The van der Waals surface area contributed by atoms with Crippen molar-refractivity contribution in [2.24, 2.45) is 0 Å². The first-order valence-corrected chi connectivity index (χ1v) is 10.6. The van der Waals surface area contributed by atoms with Gasteiger partial charge in [0.1, 0.15) is 5.75 Å². The molecule has 2 atom stereocenters. The van der Waals surface area contributed by atoms with Crippen molar-refractivity contribution < 1.29 is 22.7 Å². The van der Waals surface area contributed by atoms with Crippen LogP contribution < -0.4 is 10.1 Å². The molecule has 2 rings (SSSR count). The van der Waals surface area contributed by atoms with Gasteiger partial charge in [-0.3, -0.25) is 4.79 Å². The van der Waals surface area contributed by atoms with Crippen molar-refractivity contribution in [2.45, 2.75) is 38.9 Å². The average molecular weight is 384 g/mol. The summed E-state index contributed by atoms with van der Waals surface area (Å²) in [5, 5.41) is 2.67. The highest BCUT2D eigenvalue weighted by Crippen LogP contribution is 2.14. The molecule has 1 aromatic rings. The Kier molecular flexibility index (Phi) is 7.86. The molecule has 0 aliphatic carbocycles. The molecule has 1 fully saturated rings. The maximum absolute atomic E-state index is 12.4. The van der Waals surface area contributed by atoms with Gasteiger partial charge in [-0.05, 0) is 32.4 Å². The molecular formula is C18H28N2O5S. The molecule has 8 heteroatoms. The summed E-state index contributed by atoms with van der Waals surface area (Å²) in [6.45, 7) is 4.99. The fourth-order valence-electron chi connectivity index (χ4n) is 2.83. The number of hydrogen-bond acceptors (Lipinski definition) is 5. The summed E-state index contributed by atoms with van der Waals surface area (Å²) in [7, 11) is -3.39. The van der Waals surface area contributed by atoms with Crippen molar-refractivity contribution in [1.29, 1.82) is 0 Å². The molecule has 0 aromatic heterocycles. The molecule has 1 saturated heterocycles. The first-order valence-electron chi connectivity index (χ1n) is 8.94. The normalized spacial score (nSPS) is 21.3. The van der Waals surface area contributed by atoms with E-state index in [2.05, 4.69) is 5.32 Å². The van der Waals surface area contributed by atoms with Crippen LogP contribution in [0.1, 0.15) is 26.7 Å². The van der Waals surface area contributed by atoms with Crippen LogP contribution in [0.2, 0.25) is 0 Å². The van der Waals surface area contributed by atoms with Gasteiger partial charge in [0.15, 0.2) is 0 Å². The lowest BCUT2D eigenvalue weighted by atomic mass is 10.3. The standard InChI is InChI=1S/C18H28N2O5S/c1-15-13-20(14-16(2)25-15)26(22,23)12-10-19-18(21)9-6-11-24-17-7-4-3-5-8-17/h3-5,7-8,15-16H,6,9-14H2,1-2H3,(H,19,21). The average Bonchev–Trinajstić information content (AvgIpc) is 2.59. The number of benzene rings is 1. The van der Waals surface area contributed by atoms with Crippen LogP contribution in [0, 0.1) is 0 Å². The number of ether oxygens (including phenoxy) is 2. The first kappa shape index (κ1) is 20.7. The molecule has 1 heterocycles. The molecule has 146 valence electrons. The molecule has 7 nitrogen and oxygen atoms in total. The molecule has 1 amide bonds. The van der Waals surface area contributed by atoms with Gasteiger partial charge < -0.3 is 14.8 Å². The van der Waals surface area contributed by atoms with Crippen molar-refractivity contribution >= 4 is 15.9 Å². The quantitative estimate of drug-likeness (QED) is 0.651. The van der Waals surface area contributed by atoms with E-state index in [9.17, 15) is 13.2 Å². The van der Waals surface area contributed by atoms with Crippen LogP contribution in [0.15, 0.2) is 30.3 Å². The minimum Gasteiger partial charge on any atom is -0.494 e. The number of carbonyl (C=O) groups is 1. The molecule has 1 N–H and O–H groups in total. The summed E-state index contributed by atoms with van der Waals surface area (Å²) in [5.41, 5.74) is 0. The number of carbonyl (C=O) groups excluding carboxylic acids is 1. The van der Waals surface area contributed by atoms with Gasteiger partial charge in [0.25, 0.3) is 0 Å². The van der Waals surface area contributed by atoms with E-state index in [0.29, 0.717) is 32.5 Å². The number of nitrogens with one attached hydrogen (secondary N) is 1. The fraction of sp³-hybridized carbons (Fsp3) is 0.611. The highest BCUT2D eigenvalue weighted by atomic mass is 32.2. The lowest BCUT2D eigenvalue weighted by molar-refractivity contribution is -0.121. The van der Waals surface area contributed by atoms with E-state index in [1.165, 1.54) is 4.31 Å². The van der Waals surface area contributed by atoms with Gasteiger partial charge in [0.05, 0.1) is 24.6 Å². The SMILES string of the molecule is CC1CN(S(=O)(=O)CCNC(=O)CCCOc2ccccc2)CC(C)O1. The van der Waals surface area contributed by atoms with Crippen molar-refractivity contribution in [2.75, 3.05) is 32.0 Å². The van der Waals surface area contributed by atoms with E-state index in [4.69, 9.17) is 9.47 Å². The molecule has 26 heavy (non-hydrogen) atoms. The zero-order valence-corrected chi connectivity index (χ0v) is 16.2. The smallest absolute Gasteiger partial charge is 0.220 e. The molecule has 0 bridgehead atoms. The second kappa shape index (κ2) is 9.89. The Morgan fingerprint density at radius 1 is 1.23 bits per heavy atom. The predicted octanol–water partition coefficient (Wildman–Crippen LogP) is 1.40. The Balaban J connectivity index is 1.62. The summed E-state index contributed by atoms with van der Waals surface area (Å²) in [6.07, 6.45) is 0.644. The number of sulfonamides is 1. The number of amides is 1. The third-order valence-corrected chi connectivity index (χ3v) is 5.83. The van der Waals surface area contributed by atoms with Crippen molar-refractivity contribution in [1.82, 2.24) is 9.62 Å². The molecule has 1 aliphatic rings. The molecule has 1 aromatic carbocycles. The summed E-state index contributed by atoms with van der Waals surface area (Å²) >= 11 is 0. The van der Waals surface area contributed by atoms with Crippen LogP contribution in [0.5, 0.6) is 5.75 Å². The van der Waals surface area contributed by atoms with Crippen LogP contribution in [-0.2, 0) is 19.6 Å². The predicted molar refractivity (Wildman–Crippen MR) is 99.5 cm³/mol. The number of hydrogen-bond donors (Lipinski definition) is 1. The monoisotopic (exact) mass is 384 g/mol. The highest BCUT2D eigenvalue weighted by molar-refractivity contribution is 7.89. The largest absolute Gasteiger partial charge is 0.494 e. The topological polar surface area (TPSA) is 84.9 Å². The van der Waals surface area contributed by atoms with E-state index >= 15 is 0 Å². The Labute approximate surface area is 155 Å². The van der Waals surface area contributed by atoms with E-state index in [1.54, 1.807) is 0 Å². The van der Waals surface area contributed by atoms with Gasteiger partial charge in [-0.25, -0.2) is 8.42 Å². The zero-order chi connectivity index (χ0) is 19.0. The van der Waals surface area contributed by atoms with E-state index in [1.807, 2.05) is 44.2 Å². The van der Waals surface area contributed by atoms with Crippen LogP contribution >= 0.6 is 0 Å². The van der Waals surface area contributed by atoms with Gasteiger partial charge >= 0.3 is 0 Å². The molecule has 0 radical (unpaired) electrons. The van der Waals surface area contributed by atoms with Crippen LogP contribution in [0.3, 0.4) is 0 Å². The summed E-state index contributed by atoms with van der Waals surface area (Å²) < 4.78 is 37.3. The van der Waals surface area contributed by atoms with Crippen molar-refractivity contribution in [3.05, 3.63) is 30.3 Å². The zero-order valence-electron chi connectivity index (χ0n) is 15.4. The first-order chi connectivity index (χ1) is 12.4. The lowest BCUT2D eigenvalue weighted by Gasteiger charge is -2.34. The summed E-state index contributed by atoms with van der Waals surface area (Å²) in [5.74, 6) is 0.507. The number of para-hydroxylation sites is 1. The molecule has 0 spiro atoms. The highest BCUT2D eigenvalue weighted by Gasteiger charge is 2.30. The summed E-state index contributed by atoms with van der Waals surface area (Å²) in [4.78, 5) is 11.8. The van der Waals surface area contributed by atoms with Gasteiger partial charge in [-0.1, -0.05) is 18.2 Å². The third-order valence-electron chi connectivity index (χ3n) is 4.02. The Bertz CT molecular complexity index is 655. The molecule has 2 unspecified atom stereocenters. The molecule has 1 aliphatic heterocycles. The second-order valence-corrected chi connectivity index (χ2v) is 8.59. The van der Waals surface area contributed by atoms with Gasteiger partial charge in [0.2, 0.25) is 15.9 Å². The minimum absolute atomic E-state index is 0.0985. The van der Waals surface area contributed by atoms with Gasteiger partial charge in [0, 0.05) is 26.1 Å². The molecular weight excluding hydrogens is 356 g/mol. The Morgan fingerprint density at radius 2 is 1.88 bits per heavy atom. The fourth-order valence-corrected chi connectivity index (χ4v) is 4.33. The van der Waals surface area contributed by atoms with Crippen LogP contribution in [-0.4, -0.2) is 62.8 Å².